The monoisotopic (exact) mass is 543 g/mol. The molecule has 1 aromatic carbocycles. The number of hydrogen-bond donors (Lipinski definition) is 2. The number of nitrogens with zero attached hydrogens (tertiary/aromatic N) is 3. The maximum absolute atomic E-state index is 11.9. The van der Waals surface area contributed by atoms with E-state index in [2.05, 4.69) is 30.9 Å². The van der Waals surface area contributed by atoms with E-state index >= 15 is 0 Å². The van der Waals surface area contributed by atoms with Gasteiger partial charge in [-0.15, -0.1) is 0 Å². The average molecular weight is 544 g/mol. The summed E-state index contributed by atoms with van der Waals surface area (Å²) in [5.41, 5.74) is 6.88. The van der Waals surface area contributed by atoms with E-state index in [1.807, 2.05) is 24.3 Å². The van der Waals surface area contributed by atoms with Gasteiger partial charge in [0.2, 0.25) is 5.95 Å². The smallest absolute Gasteiger partial charge is 0.280 e. The number of nitrogen functional groups attached to an aromatic ring is 1. The van der Waals surface area contributed by atoms with E-state index < -0.39 is 8.38 Å². The van der Waals surface area contributed by atoms with E-state index in [0.29, 0.717) is 37.8 Å². The third-order valence-electron chi connectivity index (χ3n) is 4.05. The number of imidazole rings is 1. The molecule has 0 radical (unpaired) electrons. The minimum Gasteiger partial charge on any atom is -0.370 e. The van der Waals surface area contributed by atoms with Crippen LogP contribution in [0.2, 0.25) is 0 Å². The standard InChI is InChI=1S/C19H23BrN5O5PS/c1-13(26)32-8-7-29-31(30-10-14-3-2-4-15(20)9-14)12-28-6-5-25-11-22-16-17(25)23-19(21)24-18(16)27/h2-4,9,11H,5-8,10,12H2,1H3,(H3,21,23,24,27). The number of benzene rings is 1. The summed E-state index contributed by atoms with van der Waals surface area (Å²) in [5, 5.41) is 0.0462. The van der Waals surface area contributed by atoms with E-state index in [1.54, 1.807) is 4.57 Å². The van der Waals surface area contributed by atoms with Gasteiger partial charge in [0.25, 0.3) is 5.56 Å². The van der Waals surface area contributed by atoms with E-state index in [9.17, 15) is 9.59 Å². The number of halogens is 1. The molecule has 3 aromatic rings. The lowest BCUT2D eigenvalue weighted by Gasteiger charge is -2.18. The molecule has 172 valence electrons. The molecule has 1 unspecified atom stereocenters. The van der Waals surface area contributed by atoms with Crippen LogP contribution >= 0.6 is 36.1 Å². The molecule has 0 aliphatic rings. The van der Waals surface area contributed by atoms with Crippen LogP contribution in [0.3, 0.4) is 0 Å². The van der Waals surface area contributed by atoms with Crippen molar-refractivity contribution in [3.63, 3.8) is 0 Å². The molecule has 2 aromatic heterocycles. The molecule has 0 amide bonds. The zero-order valence-corrected chi connectivity index (χ0v) is 20.6. The van der Waals surface area contributed by atoms with Crippen LogP contribution in [0.1, 0.15) is 12.5 Å². The fourth-order valence-electron chi connectivity index (χ4n) is 2.65. The molecule has 0 bridgehead atoms. The van der Waals surface area contributed by atoms with Crippen molar-refractivity contribution in [1.82, 2.24) is 19.5 Å². The fourth-order valence-corrected chi connectivity index (χ4v) is 4.76. The van der Waals surface area contributed by atoms with Gasteiger partial charge in [-0.25, -0.2) is 4.98 Å². The van der Waals surface area contributed by atoms with Crippen LogP contribution in [0.15, 0.2) is 39.9 Å². The molecule has 3 N–H and O–H groups in total. The lowest BCUT2D eigenvalue weighted by atomic mass is 10.2. The highest BCUT2D eigenvalue weighted by atomic mass is 79.9. The number of anilines is 1. The Hall–Kier alpha value is -1.82. The zero-order chi connectivity index (χ0) is 22.9. The van der Waals surface area contributed by atoms with E-state index in [0.717, 1.165) is 10.0 Å². The van der Waals surface area contributed by atoms with E-state index in [4.69, 9.17) is 19.5 Å². The van der Waals surface area contributed by atoms with Crippen molar-refractivity contribution in [2.45, 2.75) is 20.1 Å². The maximum Gasteiger partial charge on any atom is 0.280 e. The summed E-state index contributed by atoms with van der Waals surface area (Å²) in [6, 6.07) is 7.83. The molecule has 13 heteroatoms. The van der Waals surface area contributed by atoms with Crippen LogP contribution < -0.4 is 11.3 Å². The van der Waals surface area contributed by atoms with Crippen molar-refractivity contribution in [1.29, 1.82) is 0 Å². The van der Waals surface area contributed by atoms with Crippen LogP contribution in [0.25, 0.3) is 11.2 Å². The van der Waals surface area contributed by atoms with Crippen LogP contribution in [-0.2, 0) is 31.7 Å². The van der Waals surface area contributed by atoms with Gasteiger partial charge in [0, 0.05) is 23.7 Å². The number of nitrogens with one attached hydrogen (secondary N) is 1. The molecule has 0 saturated carbocycles. The topological polar surface area (TPSA) is 134 Å². The molecule has 0 fully saturated rings. The normalized spacial score (nSPS) is 12.3. The number of fused-ring (bicyclic) bond motifs is 1. The van der Waals surface area contributed by atoms with Crippen LogP contribution in [0, 0.1) is 0 Å². The fraction of sp³-hybridized carbons (Fsp3) is 0.368. The number of carbonyl (C=O) groups is 1. The molecule has 3 rings (SSSR count). The summed E-state index contributed by atoms with van der Waals surface area (Å²) in [5.74, 6) is 0.586. The van der Waals surface area contributed by atoms with Crippen molar-refractivity contribution < 1.29 is 18.6 Å². The summed E-state index contributed by atoms with van der Waals surface area (Å²) in [6.07, 6.45) is 1.79. The molecule has 0 spiro atoms. The van der Waals surface area contributed by atoms with Crippen molar-refractivity contribution in [2.24, 2.45) is 0 Å². The summed E-state index contributed by atoms with van der Waals surface area (Å²) < 4.78 is 20.2. The Kier molecular flexibility index (Phi) is 9.64. The quantitative estimate of drug-likeness (QED) is 0.260. The number of nitrogens with two attached hydrogens (primary N) is 1. The van der Waals surface area contributed by atoms with Crippen molar-refractivity contribution >= 4 is 58.3 Å². The summed E-state index contributed by atoms with van der Waals surface area (Å²) in [4.78, 5) is 33.6. The Bertz CT molecular complexity index is 1110. The zero-order valence-electron chi connectivity index (χ0n) is 17.3. The molecule has 0 aliphatic heterocycles. The second kappa shape index (κ2) is 12.4. The minimum absolute atomic E-state index is 0.0338. The molecular weight excluding hydrogens is 521 g/mol. The van der Waals surface area contributed by atoms with E-state index in [-0.39, 0.29) is 28.5 Å². The first-order valence-electron chi connectivity index (χ1n) is 9.62. The van der Waals surface area contributed by atoms with Crippen molar-refractivity contribution in [3.05, 3.63) is 51.0 Å². The summed E-state index contributed by atoms with van der Waals surface area (Å²) in [7, 11) is -1.32. The van der Waals surface area contributed by atoms with Crippen LogP contribution in [-0.4, -0.2) is 49.9 Å². The molecule has 0 saturated heterocycles. The first kappa shape index (κ1) is 24.8. The maximum atomic E-state index is 11.9. The van der Waals surface area contributed by atoms with Crippen LogP contribution in [0.5, 0.6) is 0 Å². The number of thioether (sulfide) groups is 1. The Balaban J connectivity index is 1.52. The molecule has 2 heterocycles. The molecule has 10 nitrogen and oxygen atoms in total. The van der Waals surface area contributed by atoms with E-state index in [1.165, 1.54) is 25.0 Å². The molecular formula is C19H23BrN5O5PS. The van der Waals surface area contributed by atoms with Gasteiger partial charge in [0.1, 0.15) is 6.35 Å². The number of aromatic amines is 1. The van der Waals surface area contributed by atoms with Gasteiger partial charge in [0.15, 0.2) is 24.7 Å². The van der Waals surface area contributed by atoms with Crippen molar-refractivity contribution in [2.75, 3.05) is 31.0 Å². The van der Waals surface area contributed by atoms with Gasteiger partial charge in [0.05, 0.1) is 26.1 Å². The molecule has 1 atom stereocenters. The highest BCUT2D eigenvalue weighted by molar-refractivity contribution is 9.10. The number of hydrogen-bond acceptors (Lipinski definition) is 9. The van der Waals surface area contributed by atoms with Crippen molar-refractivity contribution in [3.8, 4) is 0 Å². The summed E-state index contributed by atoms with van der Waals surface area (Å²) >= 11 is 4.66. The lowest BCUT2D eigenvalue weighted by Crippen LogP contribution is -2.13. The third kappa shape index (κ3) is 7.65. The molecule has 0 aliphatic carbocycles. The predicted molar refractivity (Wildman–Crippen MR) is 128 cm³/mol. The average Bonchev–Trinajstić information content (AvgIpc) is 3.14. The summed E-state index contributed by atoms with van der Waals surface area (Å²) in [6.45, 7) is 3.06. The Morgan fingerprint density at radius 2 is 2.19 bits per heavy atom. The Morgan fingerprint density at radius 3 is 2.97 bits per heavy atom. The Morgan fingerprint density at radius 1 is 1.34 bits per heavy atom. The number of rotatable bonds is 12. The second-order valence-corrected chi connectivity index (χ2v) is 10.1. The highest BCUT2D eigenvalue weighted by Crippen LogP contribution is 2.39. The predicted octanol–water partition coefficient (Wildman–Crippen LogP) is 3.26. The number of H-pyrrole nitrogens is 1. The first-order valence-corrected chi connectivity index (χ1v) is 12.8. The van der Waals surface area contributed by atoms with Gasteiger partial charge in [-0.1, -0.05) is 39.8 Å². The second-order valence-electron chi connectivity index (χ2n) is 6.51. The number of carbonyl (C=O) groups excluding carboxylic acids is 1. The highest BCUT2D eigenvalue weighted by Gasteiger charge is 2.13. The van der Waals surface area contributed by atoms with Gasteiger partial charge in [-0.05, 0) is 17.7 Å². The van der Waals surface area contributed by atoms with Gasteiger partial charge in [-0.3, -0.25) is 14.6 Å². The van der Waals surface area contributed by atoms with Crippen LogP contribution in [0.4, 0.5) is 5.95 Å². The Labute approximate surface area is 198 Å². The lowest BCUT2D eigenvalue weighted by molar-refractivity contribution is -0.109. The third-order valence-corrected chi connectivity index (χ3v) is 6.61. The molecule has 32 heavy (non-hydrogen) atoms. The number of aromatic nitrogens is 4. The van der Waals surface area contributed by atoms with Gasteiger partial charge in [-0.2, -0.15) is 4.98 Å². The SMILES string of the molecule is CC(=O)SCCOP(COCCn1cnc2c(=O)[nH]c(N)nc21)OCc1cccc(Br)c1. The minimum atomic E-state index is -1.32. The first-order chi connectivity index (χ1) is 15.4. The number of ether oxygens (including phenoxy) is 1. The van der Waals surface area contributed by atoms with Gasteiger partial charge >= 0.3 is 0 Å². The van der Waals surface area contributed by atoms with Gasteiger partial charge < -0.3 is 24.1 Å². The largest absolute Gasteiger partial charge is 0.370 e.